The Bertz CT molecular complexity index is 1130. The summed E-state index contributed by atoms with van der Waals surface area (Å²) in [6, 6.07) is 7.07. The highest BCUT2D eigenvalue weighted by molar-refractivity contribution is 5.83. The number of hydrogen-bond donors (Lipinski definition) is 1. The molecule has 0 amide bonds. The molecule has 0 spiro atoms. The van der Waals surface area contributed by atoms with E-state index in [0.717, 1.165) is 5.56 Å². The molecule has 0 radical (unpaired) electrons. The van der Waals surface area contributed by atoms with Crippen LogP contribution in [0.5, 0.6) is 34.5 Å². The molecule has 0 saturated heterocycles. The molecule has 0 aliphatic heterocycles. The lowest BCUT2D eigenvalue weighted by Gasteiger charge is -2.12. The van der Waals surface area contributed by atoms with E-state index in [0.29, 0.717) is 46.0 Å². The lowest BCUT2D eigenvalue weighted by atomic mass is 10.2. The fraction of sp³-hybridized carbons (Fsp3) is 0.273. The van der Waals surface area contributed by atoms with E-state index in [1.54, 1.807) is 79.4 Å². The number of hydrogen-bond acceptors (Lipinski definition) is 11. The minimum atomic E-state index is 0.299. The zero-order valence-electron chi connectivity index (χ0n) is 19.7. The van der Waals surface area contributed by atoms with Gasteiger partial charge in [-0.25, -0.2) is 5.43 Å². The summed E-state index contributed by atoms with van der Waals surface area (Å²) in [5.74, 6) is 3.35. The second-order valence-electron chi connectivity index (χ2n) is 6.53. The van der Waals surface area contributed by atoms with Crippen molar-refractivity contribution >= 4 is 18.4 Å². The molecule has 0 atom stereocenters. The summed E-state index contributed by atoms with van der Waals surface area (Å²) in [6.07, 6.45) is 4.61. The first kappa shape index (κ1) is 24.2. The average molecular weight is 470 g/mol. The van der Waals surface area contributed by atoms with Crippen molar-refractivity contribution in [2.24, 2.45) is 10.2 Å². The van der Waals surface area contributed by atoms with Crippen LogP contribution < -0.4 is 33.8 Å². The number of rotatable bonds is 11. The minimum absolute atomic E-state index is 0.299. The maximum atomic E-state index is 5.37. The highest BCUT2D eigenvalue weighted by Gasteiger charge is 2.13. The van der Waals surface area contributed by atoms with Gasteiger partial charge in [0.15, 0.2) is 23.0 Å². The smallest absolute Gasteiger partial charge is 0.265 e. The van der Waals surface area contributed by atoms with Gasteiger partial charge >= 0.3 is 0 Å². The van der Waals surface area contributed by atoms with E-state index in [1.807, 2.05) is 0 Å². The summed E-state index contributed by atoms with van der Waals surface area (Å²) in [5, 5.41) is 16.4. The fourth-order valence-electron chi connectivity index (χ4n) is 3.03. The monoisotopic (exact) mass is 470 g/mol. The molecule has 2 aromatic carbocycles. The highest BCUT2D eigenvalue weighted by atomic mass is 16.5. The first-order valence-corrected chi connectivity index (χ1v) is 9.91. The van der Waals surface area contributed by atoms with Crippen LogP contribution in [0.3, 0.4) is 0 Å². The van der Waals surface area contributed by atoms with Crippen molar-refractivity contribution < 1.29 is 28.4 Å². The molecule has 0 bridgehead atoms. The molecule has 0 saturated carbocycles. The Labute approximate surface area is 196 Å². The third-order valence-corrected chi connectivity index (χ3v) is 4.61. The highest BCUT2D eigenvalue weighted by Crippen LogP contribution is 2.38. The van der Waals surface area contributed by atoms with Crippen LogP contribution in [-0.4, -0.2) is 70.0 Å². The van der Waals surface area contributed by atoms with Gasteiger partial charge in [0, 0.05) is 11.1 Å². The van der Waals surface area contributed by atoms with Crippen molar-refractivity contribution in [2.45, 2.75) is 0 Å². The molecule has 3 rings (SSSR count). The van der Waals surface area contributed by atoms with Crippen LogP contribution in [-0.2, 0) is 0 Å². The number of nitrogens with one attached hydrogen (secondary N) is 1. The summed E-state index contributed by atoms with van der Waals surface area (Å²) in [6.45, 7) is 0. The predicted octanol–water partition coefficient (Wildman–Crippen LogP) is 2.66. The topological polar surface area (TPSA) is 123 Å². The molecule has 34 heavy (non-hydrogen) atoms. The molecule has 1 aromatic heterocycles. The number of aromatic nitrogens is 3. The zero-order valence-corrected chi connectivity index (χ0v) is 19.7. The number of hydrazone groups is 1. The quantitative estimate of drug-likeness (QED) is 0.333. The largest absolute Gasteiger partial charge is 0.493 e. The molecule has 1 heterocycles. The molecule has 0 aliphatic rings. The SMILES string of the molecule is COc1cc(/C=N/Nc2nncn2/N=C/c2cc(OC)c(OC)c(OC)c2)cc(OC)c1OC. The van der Waals surface area contributed by atoms with Crippen LogP contribution in [0.4, 0.5) is 5.95 Å². The Morgan fingerprint density at radius 3 is 1.62 bits per heavy atom. The van der Waals surface area contributed by atoms with Crippen molar-refractivity contribution in [2.75, 3.05) is 48.1 Å². The normalized spacial score (nSPS) is 11.0. The third kappa shape index (κ3) is 5.28. The third-order valence-electron chi connectivity index (χ3n) is 4.61. The van der Waals surface area contributed by atoms with E-state index in [-0.39, 0.29) is 0 Å². The fourth-order valence-corrected chi connectivity index (χ4v) is 3.03. The van der Waals surface area contributed by atoms with Crippen LogP contribution >= 0.6 is 0 Å². The van der Waals surface area contributed by atoms with Crippen molar-refractivity contribution in [1.29, 1.82) is 0 Å². The number of methoxy groups -OCH3 is 6. The van der Waals surface area contributed by atoms with E-state index in [1.165, 1.54) is 11.0 Å². The van der Waals surface area contributed by atoms with E-state index < -0.39 is 0 Å². The molecule has 3 aromatic rings. The van der Waals surface area contributed by atoms with Gasteiger partial charge in [0.25, 0.3) is 5.95 Å². The Morgan fingerprint density at radius 1 is 0.706 bits per heavy atom. The average Bonchev–Trinajstić information content (AvgIpc) is 3.33. The van der Waals surface area contributed by atoms with Crippen LogP contribution in [0, 0.1) is 0 Å². The Morgan fingerprint density at radius 2 is 1.18 bits per heavy atom. The minimum Gasteiger partial charge on any atom is -0.493 e. The van der Waals surface area contributed by atoms with Crippen LogP contribution in [0.1, 0.15) is 11.1 Å². The standard InChI is InChI=1S/C22H26N6O6/c1-29-16-7-14(8-17(30-2)20(16)33-5)11-23-26-22-27-24-13-28(22)25-12-15-9-18(31-3)21(34-6)19(10-15)32-4/h7-13H,1-6H3,(H,26,27)/b23-11+,25-12+. The molecule has 0 fully saturated rings. The molecule has 180 valence electrons. The van der Waals surface area contributed by atoms with Crippen LogP contribution in [0.2, 0.25) is 0 Å². The van der Waals surface area contributed by atoms with Crippen molar-refractivity contribution in [3.05, 3.63) is 41.7 Å². The van der Waals surface area contributed by atoms with Crippen molar-refractivity contribution in [1.82, 2.24) is 14.9 Å². The maximum absolute atomic E-state index is 5.37. The zero-order chi connectivity index (χ0) is 24.5. The number of benzene rings is 2. The van der Waals surface area contributed by atoms with Gasteiger partial charge in [-0.1, -0.05) is 0 Å². The second-order valence-corrected chi connectivity index (χ2v) is 6.53. The Hall–Kier alpha value is -4.48. The van der Waals surface area contributed by atoms with Crippen molar-refractivity contribution in [3.8, 4) is 34.5 Å². The van der Waals surface area contributed by atoms with Crippen molar-refractivity contribution in [3.63, 3.8) is 0 Å². The van der Waals surface area contributed by atoms with Gasteiger partial charge in [0.1, 0.15) is 6.33 Å². The Kier molecular flexibility index (Phi) is 8.11. The first-order valence-electron chi connectivity index (χ1n) is 9.91. The summed E-state index contributed by atoms with van der Waals surface area (Å²) >= 11 is 0. The van der Waals surface area contributed by atoms with Gasteiger partial charge in [-0.05, 0) is 24.3 Å². The van der Waals surface area contributed by atoms with Gasteiger partial charge in [0.05, 0.1) is 55.1 Å². The molecule has 0 unspecified atom stereocenters. The summed E-state index contributed by atoms with van der Waals surface area (Å²) in [4.78, 5) is 0. The number of ether oxygens (including phenoxy) is 6. The molecular weight excluding hydrogens is 444 g/mol. The lowest BCUT2D eigenvalue weighted by Crippen LogP contribution is -2.01. The van der Waals surface area contributed by atoms with E-state index >= 15 is 0 Å². The van der Waals surface area contributed by atoms with Gasteiger partial charge in [0.2, 0.25) is 11.5 Å². The lowest BCUT2D eigenvalue weighted by molar-refractivity contribution is 0.324. The number of nitrogens with zero attached hydrogens (tertiary/aromatic N) is 5. The summed E-state index contributed by atoms with van der Waals surface area (Å²) in [7, 11) is 9.27. The van der Waals surface area contributed by atoms with Crippen LogP contribution in [0.15, 0.2) is 40.8 Å². The van der Waals surface area contributed by atoms with Gasteiger partial charge in [-0.3, -0.25) is 0 Å². The van der Waals surface area contributed by atoms with E-state index in [9.17, 15) is 0 Å². The predicted molar refractivity (Wildman–Crippen MR) is 126 cm³/mol. The molecule has 12 nitrogen and oxygen atoms in total. The van der Waals surface area contributed by atoms with Gasteiger partial charge in [-0.15, -0.1) is 10.2 Å². The van der Waals surface area contributed by atoms with E-state index in [2.05, 4.69) is 25.8 Å². The molecule has 12 heteroatoms. The van der Waals surface area contributed by atoms with Gasteiger partial charge < -0.3 is 28.4 Å². The first-order chi connectivity index (χ1) is 16.6. The summed E-state index contributed by atoms with van der Waals surface area (Å²) in [5.41, 5.74) is 4.24. The Balaban J connectivity index is 1.79. The molecule has 1 N–H and O–H groups in total. The maximum Gasteiger partial charge on any atom is 0.265 e. The van der Waals surface area contributed by atoms with Crippen LogP contribution in [0.25, 0.3) is 0 Å². The number of anilines is 1. The van der Waals surface area contributed by atoms with Gasteiger partial charge in [-0.2, -0.15) is 14.9 Å². The second kappa shape index (κ2) is 11.4. The summed E-state index contributed by atoms with van der Waals surface area (Å²) < 4.78 is 33.5. The van der Waals surface area contributed by atoms with E-state index in [4.69, 9.17) is 28.4 Å². The molecule has 0 aliphatic carbocycles. The molecular formula is C22H26N6O6.